The Labute approximate surface area is 187 Å². The van der Waals surface area contributed by atoms with E-state index in [1.165, 1.54) is 48.0 Å². The number of halogens is 1. The number of hydrogen-bond acceptors (Lipinski definition) is 4. The Bertz CT molecular complexity index is 1200. The summed E-state index contributed by atoms with van der Waals surface area (Å²) < 4.78 is 41.4. The molecule has 0 radical (unpaired) electrons. The summed E-state index contributed by atoms with van der Waals surface area (Å²) in [5.41, 5.74) is 1.31. The molecule has 1 aliphatic heterocycles. The zero-order valence-corrected chi connectivity index (χ0v) is 18.2. The maximum atomic E-state index is 13.8. The van der Waals surface area contributed by atoms with Gasteiger partial charge in [-0.2, -0.15) is 0 Å². The van der Waals surface area contributed by atoms with Crippen LogP contribution in [-0.2, 0) is 16.6 Å². The Balaban J connectivity index is 1.40. The highest BCUT2D eigenvalue weighted by atomic mass is 32.2. The van der Waals surface area contributed by atoms with Gasteiger partial charge >= 0.3 is 0 Å². The lowest BCUT2D eigenvalue weighted by molar-refractivity contribution is 0.0937. The van der Waals surface area contributed by atoms with Crippen molar-refractivity contribution < 1.29 is 17.6 Å². The minimum atomic E-state index is -4.04. The molecule has 3 aromatic rings. The number of anilines is 1. The van der Waals surface area contributed by atoms with Crippen LogP contribution in [0.1, 0.15) is 22.3 Å². The lowest BCUT2D eigenvalue weighted by Crippen LogP contribution is -2.37. The van der Waals surface area contributed by atoms with Crippen LogP contribution < -0.4 is 10.0 Å². The number of amides is 1. The molecule has 0 saturated carbocycles. The van der Waals surface area contributed by atoms with Gasteiger partial charge in [-0.15, -0.1) is 0 Å². The summed E-state index contributed by atoms with van der Waals surface area (Å²) in [6, 6.07) is 21.4. The van der Waals surface area contributed by atoms with Gasteiger partial charge in [0.25, 0.3) is 15.9 Å². The molecule has 1 aliphatic rings. The molecule has 166 valence electrons. The summed E-state index contributed by atoms with van der Waals surface area (Å²) in [7, 11) is -4.04. The first-order valence-electron chi connectivity index (χ1n) is 10.4. The molecule has 2 N–H and O–H groups in total. The van der Waals surface area contributed by atoms with E-state index in [9.17, 15) is 17.6 Å². The van der Waals surface area contributed by atoms with Crippen LogP contribution in [0.25, 0.3) is 0 Å². The molecule has 0 bridgehead atoms. The van der Waals surface area contributed by atoms with Crippen LogP contribution in [0, 0.1) is 5.82 Å². The van der Waals surface area contributed by atoms with Crippen molar-refractivity contribution in [2.24, 2.45) is 0 Å². The lowest BCUT2D eigenvalue weighted by atomic mass is 10.2. The van der Waals surface area contributed by atoms with E-state index in [1.54, 1.807) is 6.07 Å². The van der Waals surface area contributed by atoms with Gasteiger partial charge in [0.1, 0.15) is 5.82 Å². The number of rotatable bonds is 7. The van der Waals surface area contributed by atoms with Gasteiger partial charge in [-0.1, -0.05) is 48.5 Å². The largest absolute Gasteiger partial charge is 0.348 e. The zero-order valence-electron chi connectivity index (χ0n) is 17.4. The van der Waals surface area contributed by atoms with Gasteiger partial charge in [0, 0.05) is 31.2 Å². The first-order valence-corrected chi connectivity index (χ1v) is 11.8. The first kappa shape index (κ1) is 22.0. The number of nitrogens with zero attached hydrogens (tertiary/aromatic N) is 1. The van der Waals surface area contributed by atoms with Crippen LogP contribution in [0.5, 0.6) is 0 Å². The van der Waals surface area contributed by atoms with E-state index in [2.05, 4.69) is 27.1 Å². The molecule has 1 heterocycles. The number of benzene rings is 3. The third-order valence-corrected chi connectivity index (χ3v) is 6.74. The fourth-order valence-corrected chi connectivity index (χ4v) is 4.87. The second-order valence-electron chi connectivity index (χ2n) is 7.79. The van der Waals surface area contributed by atoms with E-state index >= 15 is 0 Å². The Morgan fingerprint density at radius 1 is 1.00 bits per heavy atom. The number of para-hydroxylation sites is 1. The monoisotopic (exact) mass is 453 g/mol. The number of sulfonamides is 1. The molecule has 32 heavy (non-hydrogen) atoms. The molecule has 1 atom stereocenters. The second-order valence-corrected chi connectivity index (χ2v) is 9.48. The predicted octanol–water partition coefficient (Wildman–Crippen LogP) is 3.63. The SMILES string of the molecule is O=C(NC1CCN(Cc2ccccc2)C1)c1cccc(S(=O)(=O)Nc2ccccc2F)c1. The minimum absolute atomic E-state index is 0.0111. The van der Waals surface area contributed by atoms with E-state index in [0.29, 0.717) is 0 Å². The van der Waals surface area contributed by atoms with Crippen molar-refractivity contribution in [1.29, 1.82) is 0 Å². The Kier molecular flexibility index (Phi) is 6.53. The van der Waals surface area contributed by atoms with Crippen LogP contribution in [0.3, 0.4) is 0 Å². The molecule has 0 aliphatic carbocycles. The summed E-state index contributed by atoms with van der Waals surface area (Å²) in [4.78, 5) is 14.9. The van der Waals surface area contributed by atoms with Crippen molar-refractivity contribution in [2.75, 3.05) is 17.8 Å². The lowest BCUT2D eigenvalue weighted by Gasteiger charge is -2.17. The van der Waals surface area contributed by atoms with Gasteiger partial charge < -0.3 is 5.32 Å². The molecule has 3 aromatic carbocycles. The van der Waals surface area contributed by atoms with Gasteiger partial charge in [-0.3, -0.25) is 14.4 Å². The van der Waals surface area contributed by atoms with Crippen LogP contribution in [-0.4, -0.2) is 38.4 Å². The van der Waals surface area contributed by atoms with E-state index in [0.717, 1.165) is 26.1 Å². The molecule has 1 unspecified atom stereocenters. The Morgan fingerprint density at radius 3 is 2.53 bits per heavy atom. The van der Waals surface area contributed by atoms with Crippen molar-refractivity contribution in [1.82, 2.24) is 10.2 Å². The average molecular weight is 454 g/mol. The molecule has 8 heteroatoms. The van der Waals surface area contributed by atoms with Crippen molar-refractivity contribution in [3.8, 4) is 0 Å². The van der Waals surface area contributed by atoms with Gasteiger partial charge in [0.2, 0.25) is 0 Å². The normalized spacial score (nSPS) is 16.6. The number of hydrogen-bond donors (Lipinski definition) is 2. The maximum absolute atomic E-state index is 13.8. The van der Waals surface area contributed by atoms with Crippen molar-refractivity contribution in [2.45, 2.75) is 23.9 Å². The molecule has 0 spiro atoms. The highest BCUT2D eigenvalue weighted by molar-refractivity contribution is 7.92. The van der Waals surface area contributed by atoms with Crippen LogP contribution >= 0.6 is 0 Å². The first-order chi connectivity index (χ1) is 15.4. The Hall–Kier alpha value is -3.23. The highest BCUT2D eigenvalue weighted by Crippen LogP contribution is 2.20. The fraction of sp³-hybridized carbons (Fsp3) is 0.208. The van der Waals surface area contributed by atoms with E-state index < -0.39 is 15.8 Å². The summed E-state index contributed by atoms with van der Waals surface area (Å²) in [6.07, 6.45) is 0.825. The van der Waals surface area contributed by atoms with Crippen LogP contribution in [0.15, 0.2) is 83.8 Å². The van der Waals surface area contributed by atoms with Crippen LogP contribution in [0.2, 0.25) is 0 Å². The molecule has 1 fully saturated rings. The molecule has 1 amide bonds. The van der Waals surface area contributed by atoms with Crippen molar-refractivity contribution in [3.05, 3.63) is 95.8 Å². The number of carbonyl (C=O) groups is 1. The van der Waals surface area contributed by atoms with Gasteiger partial charge in [-0.05, 0) is 42.3 Å². The van der Waals surface area contributed by atoms with Gasteiger partial charge in [0.15, 0.2) is 0 Å². The summed E-state index contributed by atoms with van der Waals surface area (Å²) in [5, 5.41) is 2.99. The topological polar surface area (TPSA) is 78.5 Å². The molecule has 6 nitrogen and oxygen atoms in total. The molecule has 4 rings (SSSR count). The standard InChI is InChI=1S/C24H24FN3O3S/c25-22-11-4-5-12-23(22)27-32(30,31)21-10-6-9-19(15-21)24(29)26-20-13-14-28(17-20)16-18-7-2-1-3-8-18/h1-12,15,20,27H,13-14,16-17H2,(H,26,29). The number of likely N-dealkylation sites (tertiary alicyclic amines) is 1. The van der Waals surface area contributed by atoms with E-state index in [-0.39, 0.29) is 28.1 Å². The zero-order chi connectivity index (χ0) is 22.6. The summed E-state index contributed by atoms with van der Waals surface area (Å²) in [5.74, 6) is -1.01. The quantitative estimate of drug-likeness (QED) is 0.573. The van der Waals surface area contributed by atoms with Gasteiger partial charge in [-0.25, -0.2) is 12.8 Å². The highest BCUT2D eigenvalue weighted by Gasteiger charge is 2.25. The smallest absolute Gasteiger partial charge is 0.262 e. The van der Waals surface area contributed by atoms with Crippen molar-refractivity contribution >= 4 is 21.6 Å². The fourth-order valence-electron chi connectivity index (χ4n) is 3.76. The summed E-state index contributed by atoms with van der Waals surface area (Å²) in [6.45, 7) is 2.43. The third kappa shape index (κ3) is 5.33. The molecule has 0 aromatic heterocycles. The average Bonchev–Trinajstić information content (AvgIpc) is 3.22. The van der Waals surface area contributed by atoms with E-state index in [4.69, 9.17) is 0 Å². The third-order valence-electron chi connectivity index (χ3n) is 5.38. The van der Waals surface area contributed by atoms with E-state index in [1.807, 2.05) is 18.2 Å². The molecule has 1 saturated heterocycles. The maximum Gasteiger partial charge on any atom is 0.262 e. The van der Waals surface area contributed by atoms with Gasteiger partial charge in [0.05, 0.1) is 10.6 Å². The van der Waals surface area contributed by atoms with Crippen LogP contribution in [0.4, 0.5) is 10.1 Å². The predicted molar refractivity (Wildman–Crippen MR) is 121 cm³/mol. The minimum Gasteiger partial charge on any atom is -0.348 e. The molecular weight excluding hydrogens is 429 g/mol. The summed E-state index contributed by atoms with van der Waals surface area (Å²) >= 11 is 0. The number of carbonyl (C=O) groups excluding carboxylic acids is 1. The second kappa shape index (κ2) is 9.50. The number of nitrogens with one attached hydrogen (secondary N) is 2. The molecular formula is C24H24FN3O3S. The Morgan fingerprint density at radius 2 is 1.75 bits per heavy atom. The van der Waals surface area contributed by atoms with Crippen molar-refractivity contribution in [3.63, 3.8) is 0 Å².